The van der Waals surface area contributed by atoms with Gasteiger partial charge in [0.15, 0.2) is 0 Å². The van der Waals surface area contributed by atoms with Crippen LogP contribution in [0.3, 0.4) is 0 Å². The van der Waals surface area contributed by atoms with E-state index in [2.05, 4.69) is 10.6 Å². The van der Waals surface area contributed by atoms with Crippen molar-refractivity contribution in [2.24, 2.45) is 5.92 Å². The standard InChI is InChI=1S/C15H22N2O2/c1-5-10(2)15(19)16-9-14(18)17-13-8-6-7-11(3)12(13)4/h6-8,10H,5,9H2,1-4H3,(H,16,19)(H,17,18). The highest BCUT2D eigenvalue weighted by Gasteiger charge is 2.12. The monoisotopic (exact) mass is 262 g/mol. The molecule has 1 rings (SSSR count). The van der Waals surface area contributed by atoms with Gasteiger partial charge in [0.1, 0.15) is 0 Å². The predicted molar refractivity (Wildman–Crippen MR) is 77.0 cm³/mol. The van der Waals surface area contributed by atoms with Crippen molar-refractivity contribution in [1.29, 1.82) is 0 Å². The van der Waals surface area contributed by atoms with Crippen LogP contribution in [0.25, 0.3) is 0 Å². The van der Waals surface area contributed by atoms with Crippen LogP contribution in [0.4, 0.5) is 5.69 Å². The minimum atomic E-state index is -0.203. The summed E-state index contributed by atoms with van der Waals surface area (Å²) in [6.45, 7) is 7.76. The van der Waals surface area contributed by atoms with Gasteiger partial charge in [-0.25, -0.2) is 0 Å². The number of carbonyl (C=O) groups excluding carboxylic acids is 2. The molecule has 0 bridgehead atoms. The first-order valence-electron chi connectivity index (χ1n) is 6.59. The number of nitrogens with one attached hydrogen (secondary N) is 2. The van der Waals surface area contributed by atoms with E-state index in [1.165, 1.54) is 0 Å². The Kier molecular flexibility index (Phi) is 5.55. The Bertz CT molecular complexity index is 469. The van der Waals surface area contributed by atoms with E-state index in [0.717, 1.165) is 23.2 Å². The fourth-order valence-corrected chi connectivity index (χ4v) is 1.61. The molecule has 0 aliphatic carbocycles. The third-order valence-corrected chi connectivity index (χ3v) is 3.36. The van der Waals surface area contributed by atoms with Crippen molar-refractivity contribution >= 4 is 17.5 Å². The smallest absolute Gasteiger partial charge is 0.243 e. The van der Waals surface area contributed by atoms with Crippen LogP contribution < -0.4 is 10.6 Å². The molecule has 19 heavy (non-hydrogen) atoms. The molecule has 0 fully saturated rings. The number of amides is 2. The van der Waals surface area contributed by atoms with Gasteiger partial charge in [-0.2, -0.15) is 0 Å². The van der Waals surface area contributed by atoms with Crippen molar-refractivity contribution in [3.05, 3.63) is 29.3 Å². The molecule has 0 saturated carbocycles. The number of anilines is 1. The van der Waals surface area contributed by atoms with Crippen LogP contribution in [0, 0.1) is 19.8 Å². The Balaban J connectivity index is 2.52. The van der Waals surface area contributed by atoms with Crippen LogP contribution in [0.5, 0.6) is 0 Å². The van der Waals surface area contributed by atoms with Gasteiger partial charge in [-0.3, -0.25) is 9.59 Å². The highest BCUT2D eigenvalue weighted by Crippen LogP contribution is 2.17. The number of aryl methyl sites for hydroxylation is 1. The highest BCUT2D eigenvalue weighted by molar-refractivity contribution is 5.95. The summed E-state index contributed by atoms with van der Waals surface area (Å²) in [5.41, 5.74) is 2.97. The molecule has 4 nitrogen and oxygen atoms in total. The van der Waals surface area contributed by atoms with Gasteiger partial charge in [-0.05, 0) is 37.5 Å². The minimum absolute atomic E-state index is 0.0105. The fourth-order valence-electron chi connectivity index (χ4n) is 1.61. The van der Waals surface area contributed by atoms with Crippen molar-refractivity contribution in [3.8, 4) is 0 Å². The van der Waals surface area contributed by atoms with Gasteiger partial charge >= 0.3 is 0 Å². The van der Waals surface area contributed by atoms with Crippen LogP contribution in [-0.2, 0) is 9.59 Å². The van der Waals surface area contributed by atoms with Gasteiger partial charge in [-0.1, -0.05) is 26.0 Å². The van der Waals surface area contributed by atoms with Crippen LogP contribution in [-0.4, -0.2) is 18.4 Å². The van der Waals surface area contributed by atoms with Crippen LogP contribution in [0.15, 0.2) is 18.2 Å². The Morgan fingerprint density at radius 3 is 2.58 bits per heavy atom. The second kappa shape index (κ2) is 6.92. The fraction of sp³-hybridized carbons (Fsp3) is 0.467. The molecule has 104 valence electrons. The quantitative estimate of drug-likeness (QED) is 0.856. The van der Waals surface area contributed by atoms with E-state index in [1.54, 1.807) is 0 Å². The van der Waals surface area contributed by atoms with Gasteiger partial charge in [0.25, 0.3) is 0 Å². The van der Waals surface area contributed by atoms with E-state index in [9.17, 15) is 9.59 Å². The largest absolute Gasteiger partial charge is 0.347 e. The SMILES string of the molecule is CCC(C)C(=O)NCC(=O)Nc1cccc(C)c1C. The number of benzene rings is 1. The lowest BCUT2D eigenvalue weighted by Gasteiger charge is -2.12. The maximum atomic E-state index is 11.8. The number of carbonyl (C=O) groups is 2. The number of rotatable bonds is 5. The molecule has 1 atom stereocenters. The van der Waals surface area contributed by atoms with E-state index in [1.807, 2.05) is 45.9 Å². The molecule has 0 aliphatic rings. The first-order chi connectivity index (χ1) is 8.95. The third kappa shape index (κ3) is 4.39. The second-order valence-electron chi connectivity index (χ2n) is 4.82. The summed E-state index contributed by atoms with van der Waals surface area (Å²) >= 11 is 0. The Hall–Kier alpha value is -1.84. The van der Waals surface area contributed by atoms with Crippen LogP contribution >= 0.6 is 0 Å². The molecule has 1 aromatic carbocycles. The van der Waals surface area contributed by atoms with Gasteiger partial charge in [0.2, 0.25) is 11.8 Å². The van der Waals surface area contributed by atoms with Gasteiger partial charge < -0.3 is 10.6 Å². The molecule has 0 radical (unpaired) electrons. The molecule has 0 aliphatic heterocycles. The van der Waals surface area contributed by atoms with E-state index in [0.29, 0.717) is 0 Å². The summed E-state index contributed by atoms with van der Waals surface area (Å²) in [7, 11) is 0. The van der Waals surface area contributed by atoms with E-state index in [-0.39, 0.29) is 24.3 Å². The second-order valence-corrected chi connectivity index (χ2v) is 4.82. The molecule has 1 aromatic rings. The maximum Gasteiger partial charge on any atom is 0.243 e. The zero-order chi connectivity index (χ0) is 14.4. The van der Waals surface area contributed by atoms with Crippen molar-refractivity contribution in [1.82, 2.24) is 5.32 Å². The average Bonchev–Trinajstić information content (AvgIpc) is 2.40. The van der Waals surface area contributed by atoms with Gasteiger partial charge in [0, 0.05) is 11.6 Å². The van der Waals surface area contributed by atoms with Crippen molar-refractivity contribution in [2.45, 2.75) is 34.1 Å². The average molecular weight is 262 g/mol. The van der Waals surface area contributed by atoms with Gasteiger partial charge in [-0.15, -0.1) is 0 Å². The lowest BCUT2D eigenvalue weighted by Crippen LogP contribution is -2.35. The summed E-state index contributed by atoms with van der Waals surface area (Å²) in [6, 6.07) is 5.75. The minimum Gasteiger partial charge on any atom is -0.347 e. The molecular weight excluding hydrogens is 240 g/mol. The van der Waals surface area contributed by atoms with Crippen LogP contribution in [0.2, 0.25) is 0 Å². The molecule has 2 amide bonds. The topological polar surface area (TPSA) is 58.2 Å². The zero-order valence-electron chi connectivity index (χ0n) is 12.0. The molecule has 2 N–H and O–H groups in total. The maximum absolute atomic E-state index is 11.8. The van der Waals surface area contributed by atoms with Gasteiger partial charge in [0.05, 0.1) is 6.54 Å². The van der Waals surface area contributed by atoms with E-state index >= 15 is 0 Å². The molecular formula is C15H22N2O2. The number of hydrogen-bond acceptors (Lipinski definition) is 2. The summed E-state index contributed by atoms with van der Waals surface area (Å²) in [4.78, 5) is 23.3. The van der Waals surface area contributed by atoms with Crippen molar-refractivity contribution < 1.29 is 9.59 Å². The summed E-state index contributed by atoms with van der Waals surface area (Å²) in [5.74, 6) is -0.350. The first-order valence-corrected chi connectivity index (χ1v) is 6.59. The van der Waals surface area contributed by atoms with E-state index < -0.39 is 0 Å². The van der Waals surface area contributed by atoms with Crippen molar-refractivity contribution in [3.63, 3.8) is 0 Å². The zero-order valence-corrected chi connectivity index (χ0v) is 12.0. The molecule has 0 spiro atoms. The highest BCUT2D eigenvalue weighted by atomic mass is 16.2. The summed E-state index contributed by atoms with van der Waals surface area (Å²) in [6.07, 6.45) is 0.768. The number of hydrogen-bond donors (Lipinski definition) is 2. The van der Waals surface area contributed by atoms with Crippen molar-refractivity contribution in [2.75, 3.05) is 11.9 Å². The Morgan fingerprint density at radius 2 is 1.95 bits per heavy atom. The Morgan fingerprint density at radius 1 is 1.26 bits per heavy atom. The Labute approximate surface area is 114 Å². The first kappa shape index (κ1) is 15.2. The lowest BCUT2D eigenvalue weighted by molar-refractivity contribution is -0.126. The molecule has 0 aromatic heterocycles. The summed E-state index contributed by atoms with van der Waals surface area (Å²) in [5, 5.41) is 5.45. The van der Waals surface area contributed by atoms with E-state index in [4.69, 9.17) is 0 Å². The third-order valence-electron chi connectivity index (χ3n) is 3.36. The normalized spacial score (nSPS) is 11.8. The molecule has 0 saturated heterocycles. The lowest BCUT2D eigenvalue weighted by atomic mass is 10.1. The predicted octanol–water partition coefficient (Wildman–Crippen LogP) is 2.40. The summed E-state index contributed by atoms with van der Waals surface area (Å²) < 4.78 is 0. The molecule has 4 heteroatoms. The molecule has 1 unspecified atom stereocenters. The van der Waals surface area contributed by atoms with Crippen LogP contribution in [0.1, 0.15) is 31.4 Å². The molecule has 0 heterocycles.